The zero-order valence-corrected chi connectivity index (χ0v) is 10.9. The van der Waals surface area contributed by atoms with Crippen LogP contribution in [0.5, 0.6) is 0 Å². The summed E-state index contributed by atoms with van der Waals surface area (Å²) in [6, 6.07) is 7.10. The van der Waals surface area contributed by atoms with Crippen molar-refractivity contribution < 1.29 is 12.8 Å². The van der Waals surface area contributed by atoms with Gasteiger partial charge in [-0.25, -0.2) is 17.5 Å². The van der Waals surface area contributed by atoms with Crippen LogP contribution in [0.3, 0.4) is 0 Å². The average molecular weight is 283 g/mol. The molecule has 0 amide bonds. The molecule has 0 bridgehead atoms. The molecule has 0 spiro atoms. The highest BCUT2D eigenvalue weighted by Crippen LogP contribution is 2.11. The molecule has 0 aliphatic heterocycles. The summed E-state index contributed by atoms with van der Waals surface area (Å²) in [6.45, 7) is 0.346. The van der Waals surface area contributed by atoms with Crippen molar-refractivity contribution in [1.29, 1.82) is 0 Å². The maximum atomic E-state index is 12.7. The second-order valence-electron chi connectivity index (χ2n) is 4.02. The minimum Gasteiger partial charge on any atom is -0.363 e. The molecule has 0 aliphatic rings. The van der Waals surface area contributed by atoms with Crippen LogP contribution in [0, 0.1) is 5.82 Å². The molecule has 102 valence electrons. The van der Waals surface area contributed by atoms with E-state index in [9.17, 15) is 12.8 Å². The predicted octanol–water partition coefficient (Wildman–Crippen LogP) is 1.09. The molecular formula is C12H14FN3O2S. The highest BCUT2D eigenvalue weighted by atomic mass is 32.2. The zero-order valence-electron chi connectivity index (χ0n) is 10.1. The number of rotatable bonds is 5. The number of hydrogen-bond acceptors (Lipinski definition) is 3. The normalized spacial score (nSPS) is 11.7. The van der Waals surface area contributed by atoms with Crippen molar-refractivity contribution in [2.75, 3.05) is 0 Å². The van der Waals surface area contributed by atoms with Gasteiger partial charge in [0.2, 0.25) is 10.0 Å². The second kappa shape index (κ2) is 5.52. The van der Waals surface area contributed by atoms with Crippen LogP contribution >= 0.6 is 0 Å². The lowest BCUT2D eigenvalue weighted by Gasteiger charge is -2.04. The van der Waals surface area contributed by atoms with E-state index in [4.69, 9.17) is 5.73 Å². The summed E-state index contributed by atoms with van der Waals surface area (Å²) < 4.78 is 39.1. The summed E-state index contributed by atoms with van der Waals surface area (Å²) in [5.41, 5.74) is 6.72. The van der Waals surface area contributed by atoms with Crippen LogP contribution in [0.1, 0.15) is 11.3 Å². The Morgan fingerprint density at radius 3 is 2.53 bits per heavy atom. The monoisotopic (exact) mass is 283 g/mol. The van der Waals surface area contributed by atoms with Gasteiger partial charge in [0, 0.05) is 25.0 Å². The van der Waals surface area contributed by atoms with Gasteiger partial charge >= 0.3 is 0 Å². The summed E-state index contributed by atoms with van der Waals surface area (Å²) in [5.74, 6) is -0.357. The van der Waals surface area contributed by atoms with Crippen LogP contribution < -0.4 is 10.5 Å². The molecule has 19 heavy (non-hydrogen) atoms. The van der Waals surface area contributed by atoms with E-state index < -0.39 is 10.0 Å². The Hall–Kier alpha value is -1.70. The topological polar surface area (TPSA) is 88.0 Å². The first-order chi connectivity index (χ1) is 9.01. The lowest BCUT2D eigenvalue weighted by atomic mass is 10.2. The second-order valence-corrected chi connectivity index (χ2v) is 5.78. The van der Waals surface area contributed by atoms with Gasteiger partial charge in [-0.1, -0.05) is 12.1 Å². The number of aromatic nitrogens is 1. The zero-order chi connectivity index (χ0) is 13.9. The molecule has 0 saturated carbocycles. The Morgan fingerprint density at radius 1 is 1.26 bits per heavy atom. The van der Waals surface area contributed by atoms with Crippen LogP contribution in [-0.2, 0) is 23.1 Å². The first kappa shape index (κ1) is 13.7. The molecule has 0 fully saturated rings. The summed E-state index contributed by atoms with van der Waals surface area (Å²) >= 11 is 0. The summed E-state index contributed by atoms with van der Waals surface area (Å²) in [4.78, 5) is 2.91. The molecule has 4 N–H and O–H groups in total. The van der Waals surface area contributed by atoms with Gasteiger partial charge in [0.25, 0.3) is 0 Å². The van der Waals surface area contributed by atoms with E-state index >= 15 is 0 Å². The van der Waals surface area contributed by atoms with Gasteiger partial charge < -0.3 is 10.7 Å². The Labute approximate surface area is 110 Å². The first-order valence-electron chi connectivity index (χ1n) is 5.63. The van der Waals surface area contributed by atoms with E-state index in [1.807, 2.05) is 0 Å². The average Bonchev–Trinajstić information content (AvgIpc) is 2.88. The van der Waals surface area contributed by atoms with Crippen LogP contribution in [-0.4, -0.2) is 13.4 Å². The predicted molar refractivity (Wildman–Crippen MR) is 69.1 cm³/mol. The van der Waals surface area contributed by atoms with Crippen molar-refractivity contribution in [2.45, 2.75) is 18.0 Å². The van der Waals surface area contributed by atoms with Gasteiger partial charge in [-0.3, -0.25) is 0 Å². The molecule has 1 aromatic heterocycles. The van der Waals surface area contributed by atoms with E-state index in [0.717, 1.165) is 0 Å². The maximum Gasteiger partial charge on any atom is 0.242 e. The number of nitrogens with two attached hydrogens (primary N) is 1. The number of sulfonamides is 1. The van der Waals surface area contributed by atoms with Gasteiger partial charge in [-0.05, 0) is 23.8 Å². The van der Waals surface area contributed by atoms with Crippen LogP contribution in [0.15, 0.2) is 41.4 Å². The minimum atomic E-state index is -3.59. The molecular weight excluding hydrogens is 269 g/mol. The van der Waals surface area contributed by atoms with Crippen LogP contribution in [0.25, 0.3) is 0 Å². The Morgan fingerprint density at radius 2 is 1.95 bits per heavy atom. The fourth-order valence-corrected chi connectivity index (χ4v) is 2.59. The van der Waals surface area contributed by atoms with Crippen molar-refractivity contribution in [2.24, 2.45) is 5.73 Å². The van der Waals surface area contributed by atoms with Crippen molar-refractivity contribution in [3.05, 3.63) is 53.6 Å². The number of hydrogen-bond donors (Lipinski definition) is 3. The van der Waals surface area contributed by atoms with E-state index in [1.54, 1.807) is 0 Å². The number of H-pyrrole nitrogens is 1. The van der Waals surface area contributed by atoms with Gasteiger partial charge in [-0.2, -0.15) is 0 Å². The number of nitrogens with one attached hydrogen (secondary N) is 2. The quantitative estimate of drug-likeness (QED) is 0.767. The number of aromatic amines is 1. The summed E-state index contributed by atoms with van der Waals surface area (Å²) in [5, 5.41) is 0. The molecule has 1 aromatic carbocycles. The van der Waals surface area contributed by atoms with E-state index in [1.165, 1.54) is 36.5 Å². The van der Waals surface area contributed by atoms with Gasteiger partial charge in [-0.15, -0.1) is 0 Å². The number of halogens is 1. The standard InChI is InChI=1S/C12H14FN3O2S/c13-10-3-1-9(2-4-10)7-16-19(17,18)12-5-11(6-14)15-8-12/h1-5,8,15-16H,6-7,14H2. The third-order valence-electron chi connectivity index (χ3n) is 2.63. The lowest BCUT2D eigenvalue weighted by Crippen LogP contribution is -2.22. The fraction of sp³-hybridized carbons (Fsp3) is 0.167. The highest BCUT2D eigenvalue weighted by Gasteiger charge is 2.15. The highest BCUT2D eigenvalue weighted by molar-refractivity contribution is 7.89. The first-order valence-corrected chi connectivity index (χ1v) is 7.11. The van der Waals surface area contributed by atoms with E-state index in [0.29, 0.717) is 11.3 Å². The molecule has 0 aliphatic carbocycles. The third-order valence-corrected chi connectivity index (χ3v) is 4.01. The molecule has 1 heterocycles. The largest absolute Gasteiger partial charge is 0.363 e. The van der Waals surface area contributed by atoms with Crippen molar-refractivity contribution in [1.82, 2.24) is 9.71 Å². The molecule has 0 atom stereocenters. The van der Waals surface area contributed by atoms with Crippen LogP contribution in [0.2, 0.25) is 0 Å². The molecule has 7 heteroatoms. The van der Waals surface area contributed by atoms with Crippen LogP contribution in [0.4, 0.5) is 4.39 Å². The molecule has 2 aromatic rings. The summed E-state index contributed by atoms with van der Waals surface area (Å²) in [7, 11) is -3.59. The third kappa shape index (κ3) is 3.40. The van der Waals surface area contributed by atoms with Crippen molar-refractivity contribution in [3.8, 4) is 0 Å². The SMILES string of the molecule is NCc1cc(S(=O)(=O)NCc2ccc(F)cc2)c[nH]1. The molecule has 5 nitrogen and oxygen atoms in total. The van der Waals surface area contributed by atoms with Gasteiger partial charge in [0.05, 0.1) is 4.90 Å². The van der Waals surface area contributed by atoms with Crippen molar-refractivity contribution in [3.63, 3.8) is 0 Å². The maximum absolute atomic E-state index is 12.7. The minimum absolute atomic E-state index is 0.103. The van der Waals surface area contributed by atoms with Gasteiger partial charge in [0.15, 0.2) is 0 Å². The smallest absolute Gasteiger partial charge is 0.242 e. The van der Waals surface area contributed by atoms with Gasteiger partial charge in [0.1, 0.15) is 5.82 Å². The Bertz CT molecular complexity index is 650. The molecule has 0 unspecified atom stereocenters. The fourth-order valence-electron chi connectivity index (χ4n) is 1.56. The summed E-state index contributed by atoms with van der Waals surface area (Å²) in [6.07, 6.45) is 1.38. The molecule has 0 saturated heterocycles. The Balaban J connectivity index is 2.07. The molecule has 2 rings (SSSR count). The van der Waals surface area contributed by atoms with E-state index in [2.05, 4.69) is 9.71 Å². The lowest BCUT2D eigenvalue weighted by molar-refractivity contribution is 0.581. The van der Waals surface area contributed by atoms with Crippen molar-refractivity contribution >= 4 is 10.0 Å². The molecule has 0 radical (unpaired) electrons. The Kier molecular flexibility index (Phi) is 3.98. The van der Waals surface area contributed by atoms with E-state index in [-0.39, 0.29) is 23.8 Å². The number of benzene rings is 1.